The monoisotopic (exact) mass is 314 g/mol. The van der Waals surface area contributed by atoms with E-state index in [1.807, 2.05) is 33.9 Å². The second kappa shape index (κ2) is 6.64. The van der Waals surface area contributed by atoms with Crippen LogP contribution < -0.4 is 10.6 Å². The summed E-state index contributed by atoms with van der Waals surface area (Å²) in [5.41, 5.74) is 4.85. The maximum atomic E-state index is 12.3. The van der Waals surface area contributed by atoms with Crippen LogP contribution in [0.5, 0.6) is 0 Å². The van der Waals surface area contributed by atoms with Crippen molar-refractivity contribution in [2.45, 2.75) is 27.2 Å². The van der Waals surface area contributed by atoms with Gasteiger partial charge in [-0.05, 0) is 38.5 Å². The van der Waals surface area contributed by atoms with Gasteiger partial charge in [0.1, 0.15) is 0 Å². The Hall–Kier alpha value is -2.63. The van der Waals surface area contributed by atoms with Crippen LogP contribution in [0.4, 0.5) is 5.69 Å². The van der Waals surface area contributed by atoms with Crippen LogP contribution >= 0.6 is 0 Å². The number of hydrogen-bond donors (Lipinski definition) is 2. The number of anilines is 1. The Kier molecular flexibility index (Phi) is 4.83. The molecule has 2 rings (SSSR count). The standard InChI is InChI=1S/C17H22N4O2/c1-10-6-7-13(17(23)18-4)8-15(10)19-16(22)9-14-11(2)20-21(5)12(14)3/h6-8H,9H2,1-5H3,(H,18,23)(H,19,22). The van der Waals surface area contributed by atoms with Crippen LogP contribution in [0, 0.1) is 20.8 Å². The van der Waals surface area contributed by atoms with Crippen LogP contribution in [0.1, 0.15) is 32.9 Å². The summed E-state index contributed by atoms with van der Waals surface area (Å²) >= 11 is 0. The topological polar surface area (TPSA) is 76.0 Å². The molecule has 2 N–H and O–H groups in total. The number of aromatic nitrogens is 2. The smallest absolute Gasteiger partial charge is 0.251 e. The number of benzene rings is 1. The second-order valence-electron chi connectivity index (χ2n) is 5.61. The first-order chi connectivity index (χ1) is 10.8. The maximum absolute atomic E-state index is 12.3. The highest BCUT2D eigenvalue weighted by Gasteiger charge is 2.15. The van der Waals surface area contributed by atoms with E-state index < -0.39 is 0 Å². The number of carbonyl (C=O) groups is 2. The van der Waals surface area contributed by atoms with Gasteiger partial charge in [0.15, 0.2) is 0 Å². The van der Waals surface area contributed by atoms with Gasteiger partial charge in [-0.1, -0.05) is 6.07 Å². The lowest BCUT2D eigenvalue weighted by Gasteiger charge is -2.10. The molecule has 0 radical (unpaired) electrons. The third kappa shape index (κ3) is 3.59. The lowest BCUT2D eigenvalue weighted by Crippen LogP contribution is -2.19. The predicted octanol–water partition coefficient (Wildman–Crippen LogP) is 1.89. The van der Waals surface area contributed by atoms with Crippen LogP contribution in [0.25, 0.3) is 0 Å². The number of rotatable bonds is 4. The SMILES string of the molecule is CNC(=O)c1ccc(C)c(NC(=O)Cc2c(C)nn(C)c2C)c1. The van der Waals surface area contributed by atoms with Crippen LogP contribution in [-0.2, 0) is 18.3 Å². The summed E-state index contributed by atoms with van der Waals surface area (Å²) in [4.78, 5) is 24.1. The number of nitrogens with zero attached hydrogens (tertiary/aromatic N) is 2. The van der Waals surface area contributed by atoms with Gasteiger partial charge in [0.2, 0.25) is 5.91 Å². The molecule has 0 saturated heterocycles. The van der Waals surface area contributed by atoms with Crippen LogP contribution in [0.2, 0.25) is 0 Å². The van der Waals surface area contributed by atoms with Gasteiger partial charge in [0, 0.05) is 36.6 Å². The van der Waals surface area contributed by atoms with E-state index in [0.717, 1.165) is 22.5 Å². The molecule has 2 amide bonds. The van der Waals surface area contributed by atoms with Gasteiger partial charge in [-0.25, -0.2) is 0 Å². The summed E-state index contributed by atoms with van der Waals surface area (Å²) in [5.74, 6) is -0.305. The minimum Gasteiger partial charge on any atom is -0.355 e. The van der Waals surface area contributed by atoms with Crippen molar-refractivity contribution in [3.8, 4) is 0 Å². The molecule has 23 heavy (non-hydrogen) atoms. The molecule has 0 fully saturated rings. The fraction of sp³-hybridized carbons (Fsp3) is 0.353. The van der Waals surface area contributed by atoms with Gasteiger partial charge in [-0.15, -0.1) is 0 Å². The van der Waals surface area contributed by atoms with Gasteiger partial charge in [0.25, 0.3) is 5.91 Å². The number of nitrogens with one attached hydrogen (secondary N) is 2. The molecule has 0 aliphatic heterocycles. The lowest BCUT2D eigenvalue weighted by molar-refractivity contribution is -0.115. The molecular formula is C17H22N4O2. The molecule has 1 aromatic carbocycles. The zero-order valence-corrected chi connectivity index (χ0v) is 14.2. The van der Waals surface area contributed by atoms with E-state index in [-0.39, 0.29) is 18.2 Å². The van der Waals surface area contributed by atoms with Gasteiger partial charge in [0.05, 0.1) is 12.1 Å². The lowest BCUT2D eigenvalue weighted by atomic mass is 10.1. The number of aryl methyl sites for hydroxylation is 3. The zero-order valence-electron chi connectivity index (χ0n) is 14.2. The van der Waals surface area contributed by atoms with Crippen molar-refractivity contribution in [2.75, 3.05) is 12.4 Å². The van der Waals surface area contributed by atoms with Crippen LogP contribution in [-0.4, -0.2) is 28.6 Å². The van der Waals surface area contributed by atoms with E-state index in [1.54, 1.807) is 23.9 Å². The molecule has 0 atom stereocenters. The summed E-state index contributed by atoms with van der Waals surface area (Å²) in [6.07, 6.45) is 0.259. The second-order valence-corrected chi connectivity index (χ2v) is 5.61. The third-order valence-corrected chi connectivity index (χ3v) is 4.00. The number of carbonyl (C=O) groups excluding carboxylic acids is 2. The highest BCUT2D eigenvalue weighted by molar-refractivity contribution is 5.98. The molecule has 0 unspecified atom stereocenters. The molecule has 1 heterocycles. The Balaban J connectivity index is 2.18. The number of amides is 2. The molecule has 1 aromatic heterocycles. The average molecular weight is 314 g/mol. The summed E-state index contributed by atoms with van der Waals surface area (Å²) in [6, 6.07) is 5.25. The molecule has 0 spiro atoms. The summed E-state index contributed by atoms with van der Waals surface area (Å²) < 4.78 is 1.77. The molecule has 2 aromatic rings. The molecule has 0 aliphatic carbocycles. The van der Waals surface area contributed by atoms with Crippen molar-refractivity contribution < 1.29 is 9.59 Å². The predicted molar refractivity (Wildman–Crippen MR) is 89.6 cm³/mol. The normalized spacial score (nSPS) is 10.5. The Labute approximate surface area is 135 Å². The molecular weight excluding hydrogens is 292 g/mol. The van der Waals surface area contributed by atoms with E-state index in [9.17, 15) is 9.59 Å². The Morgan fingerprint density at radius 2 is 1.91 bits per heavy atom. The van der Waals surface area contributed by atoms with E-state index in [4.69, 9.17) is 0 Å². The first-order valence-corrected chi connectivity index (χ1v) is 7.45. The highest BCUT2D eigenvalue weighted by atomic mass is 16.2. The van der Waals surface area contributed by atoms with Gasteiger partial charge in [-0.3, -0.25) is 14.3 Å². The third-order valence-electron chi connectivity index (χ3n) is 4.00. The molecule has 0 bridgehead atoms. The maximum Gasteiger partial charge on any atom is 0.251 e. The van der Waals surface area contributed by atoms with E-state index in [1.165, 1.54) is 0 Å². The summed E-state index contributed by atoms with van der Waals surface area (Å²) in [7, 11) is 3.44. The van der Waals surface area contributed by atoms with Crippen molar-refractivity contribution in [3.63, 3.8) is 0 Å². The fourth-order valence-corrected chi connectivity index (χ4v) is 2.47. The fourth-order valence-electron chi connectivity index (χ4n) is 2.47. The minimum absolute atomic E-state index is 0.124. The summed E-state index contributed by atoms with van der Waals surface area (Å²) in [6.45, 7) is 5.73. The average Bonchev–Trinajstić information content (AvgIpc) is 2.75. The Bertz CT molecular complexity index is 762. The highest BCUT2D eigenvalue weighted by Crippen LogP contribution is 2.18. The van der Waals surface area contributed by atoms with Crippen LogP contribution in [0.3, 0.4) is 0 Å². The van der Waals surface area contributed by atoms with Gasteiger partial charge >= 0.3 is 0 Å². The van der Waals surface area contributed by atoms with Crippen molar-refractivity contribution in [1.82, 2.24) is 15.1 Å². The van der Waals surface area contributed by atoms with Crippen molar-refractivity contribution in [2.24, 2.45) is 7.05 Å². The molecule has 6 heteroatoms. The number of hydrogen-bond acceptors (Lipinski definition) is 3. The Morgan fingerprint density at radius 1 is 1.22 bits per heavy atom. The first kappa shape index (κ1) is 16.7. The van der Waals surface area contributed by atoms with Gasteiger partial charge in [-0.2, -0.15) is 5.10 Å². The van der Waals surface area contributed by atoms with Crippen molar-refractivity contribution in [1.29, 1.82) is 0 Å². The van der Waals surface area contributed by atoms with Gasteiger partial charge < -0.3 is 10.6 Å². The Morgan fingerprint density at radius 3 is 2.48 bits per heavy atom. The molecule has 0 aliphatic rings. The zero-order chi connectivity index (χ0) is 17.1. The minimum atomic E-state index is -0.181. The van der Waals surface area contributed by atoms with Crippen LogP contribution in [0.15, 0.2) is 18.2 Å². The molecule has 6 nitrogen and oxygen atoms in total. The largest absolute Gasteiger partial charge is 0.355 e. The van der Waals surface area contributed by atoms with E-state index in [0.29, 0.717) is 11.3 Å². The van der Waals surface area contributed by atoms with E-state index in [2.05, 4.69) is 15.7 Å². The van der Waals surface area contributed by atoms with E-state index >= 15 is 0 Å². The first-order valence-electron chi connectivity index (χ1n) is 7.45. The quantitative estimate of drug-likeness (QED) is 0.905. The van der Waals surface area contributed by atoms with Crippen molar-refractivity contribution >= 4 is 17.5 Å². The summed E-state index contributed by atoms with van der Waals surface area (Å²) in [5, 5.41) is 9.78. The molecule has 122 valence electrons. The van der Waals surface area contributed by atoms with Crippen molar-refractivity contribution in [3.05, 3.63) is 46.3 Å². The molecule has 0 saturated carbocycles.